The van der Waals surface area contributed by atoms with Gasteiger partial charge in [0.05, 0.1) is 18.7 Å². The normalized spacial score (nSPS) is 14.7. The maximum Gasteiger partial charge on any atom is 0.174 e. The number of carbonyl (C=O) groups is 1. The Morgan fingerprint density at radius 1 is 1.18 bits per heavy atom. The molecular weight excluding hydrogens is 284 g/mol. The van der Waals surface area contributed by atoms with Crippen molar-refractivity contribution in [2.75, 3.05) is 14.2 Å². The van der Waals surface area contributed by atoms with Crippen molar-refractivity contribution in [2.24, 2.45) is 0 Å². The summed E-state index contributed by atoms with van der Waals surface area (Å²) >= 11 is 3.33. The predicted octanol–water partition coefficient (Wildman–Crippen LogP) is 2.95. The summed E-state index contributed by atoms with van der Waals surface area (Å²) in [7, 11) is 3.19. The largest absolute Gasteiger partial charge is 0.493 e. The second-order valence-electron chi connectivity index (χ2n) is 3.90. The van der Waals surface area contributed by atoms with Crippen LogP contribution >= 0.6 is 15.9 Å². The highest BCUT2D eigenvalue weighted by atomic mass is 79.9. The third kappa shape index (κ3) is 1.97. The Labute approximate surface area is 109 Å². The van der Waals surface area contributed by atoms with E-state index in [9.17, 15) is 4.79 Å². The quantitative estimate of drug-likeness (QED) is 0.842. The molecule has 0 aromatic heterocycles. The number of fused-ring (bicyclic) bond motifs is 1. The number of rotatable bonds is 2. The molecule has 0 heterocycles. The minimum absolute atomic E-state index is 0.0993. The van der Waals surface area contributed by atoms with Gasteiger partial charge in [0.1, 0.15) is 0 Å². The highest BCUT2D eigenvalue weighted by molar-refractivity contribution is 9.12. The molecule has 0 amide bonds. The Bertz CT molecular complexity index is 518. The molecule has 1 aromatic carbocycles. The van der Waals surface area contributed by atoms with Crippen LogP contribution in [-0.2, 0) is 11.2 Å². The van der Waals surface area contributed by atoms with Crippen molar-refractivity contribution in [1.29, 1.82) is 0 Å². The van der Waals surface area contributed by atoms with Crippen molar-refractivity contribution >= 4 is 27.3 Å². The number of ether oxygens (including phenoxy) is 2. The van der Waals surface area contributed by atoms with Crippen LogP contribution in [0.3, 0.4) is 0 Å². The summed E-state index contributed by atoms with van der Waals surface area (Å²) in [6.45, 7) is 1.92. The minimum Gasteiger partial charge on any atom is -0.493 e. The van der Waals surface area contributed by atoms with Gasteiger partial charge in [0.2, 0.25) is 0 Å². The van der Waals surface area contributed by atoms with E-state index >= 15 is 0 Å². The summed E-state index contributed by atoms with van der Waals surface area (Å²) in [5, 5.41) is 0. The lowest BCUT2D eigenvalue weighted by molar-refractivity contribution is -0.114. The van der Waals surface area contributed by atoms with Gasteiger partial charge in [-0.3, -0.25) is 4.79 Å². The monoisotopic (exact) mass is 296 g/mol. The fourth-order valence-corrected chi connectivity index (χ4v) is 2.35. The topological polar surface area (TPSA) is 35.5 Å². The highest BCUT2D eigenvalue weighted by Gasteiger charge is 2.23. The Kier molecular flexibility index (Phi) is 3.24. The van der Waals surface area contributed by atoms with E-state index in [1.54, 1.807) is 14.2 Å². The molecule has 2 rings (SSSR count). The van der Waals surface area contributed by atoms with E-state index in [4.69, 9.17) is 9.47 Å². The molecule has 0 spiro atoms. The number of methoxy groups -OCH3 is 2. The summed E-state index contributed by atoms with van der Waals surface area (Å²) in [6, 6.07) is 3.78. The molecule has 1 aromatic rings. The summed E-state index contributed by atoms with van der Waals surface area (Å²) < 4.78 is 11.2. The molecule has 0 unspecified atom stereocenters. The second-order valence-corrected chi connectivity index (χ2v) is 4.70. The molecule has 0 fully saturated rings. The van der Waals surface area contributed by atoms with Gasteiger partial charge in [-0.2, -0.15) is 0 Å². The zero-order valence-electron chi connectivity index (χ0n) is 9.96. The Morgan fingerprint density at radius 3 is 2.35 bits per heavy atom. The number of hydrogen-bond donors (Lipinski definition) is 0. The lowest BCUT2D eigenvalue weighted by atomic mass is 9.90. The van der Waals surface area contributed by atoms with Gasteiger partial charge in [0, 0.05) is 6.42 Å². The summed E-state index contributed by atoms with van der Waals surface area (Å²) in [5.41, 5.74) is 2.96. The molecule has 0 atom stereocenters. The van der Waals surface area contributed by atoms with Gasteiger partial charge in [0.15, 0.2) is 17.3 Å². The fraction of sp³-hybridized carbons (Fsp3) is 0.308. The number of benzene rings is 1. The van der Waals surface area contributed by atoms with Crippen LogP contribution in [-0.4, -0.2) is 20.0 Å². The van der Waals surface area contributed by atoms with Crippen molar-refractivity contribution < 1.29 is 14.3 Å². The van der Waals surface area contributed by atoms with Crippen molar-refractivity contribution in [3.63, 3.8) is 0 Å². The minimum atomic E-state index is 0.0993. The maximum atomic E-state index is 11.7. The molecule has 0 bridgehead atoms. The van der Waals surface area contributed by atoms with Gasteiger partial charge in [-0.15, -0.1) is 0 Å². The first-order valence-electron chi connectivity index (χ1n) is 5.23. The van der Waals surface area contributed by atoms with E-state index in [0.29, 0.717) is 22.4 Å². The third-order valence-electron chi connectivity index (χ3n) is 2.94. The third-order valence-corrected chi connectivity index (χ3v) is 3.98. The van der Waals surface area contributed by atoms with Crippen LogP contribution in [0, 0.1) is 0 Å². The average molecular weight is 297 g/mol. The molecule has 4 heteroatoms. The maximum absolute atomic E-state index is 11.7. The molecule has 0 saturated carbocycles. The van der Waals surface area contributed by atoms with Crippen molar-refractivity contribution in [2.45, 2.75) is 13.3 Å². The fourth-order valence-electron chi connectivity index (χ4n) is 1.99. The molecule has 0 radical (unpaired) electrons. The summed E-state index contributed by atoms with van der Waals surface area (Å²) in [4.78, 5) is 11.7. The zero-order chi connectivity index (χ0) is 12.6. The number of Topliss-reactive ketones (excluding diaryl/α,β-unsaturated/α-hetero) is 1. The van der Waals surface area contributed by atoms with Gasteiger partial charge in [-0.1, -0.05) is 0 Å². The predicted molar refractivity (Wildman–Crippen MR) is 69.8 cm³/mol. The zero-order valence-corrected chi connectivity index (χ0v) is 11.6. The number of halogens is 1. The van der Waals surface area contributed by atoms with Crippen LogP contribution in [0.5, 0.6) is 11.5 Å². The van der Waals surface area contributed by atoms with E-state index in [1.807, 2.05) is 19.1 Å². The van der Waals surface area contributed by atoms with Gasteiger partial charge < -0.3 is 9.47 Å². The van der Waals surface area contributed by atoms with E-state index in [-0.39, 0.29) is 5.78 Å². The number of hydrogen-bond acceptors (Lipinski definition) is 3. The molecule has 3 nitrogen and oxygen atoms in total. The SMILES string of the molecule is COc1cc2c(cc1OC)C(C)=C(Br)C(=O)C2. The highest BCUT2D eigenvalue weighted by Crippen LogP contribution is 2.38. The first-order chi connectivity index (χ1) is 8.08. The van der Waals surface area contributed by atoms with E-state index in [1.165, 1.54) is 0 Å². The number of allylic oxidation sites excluding steroid dienone is 2. The molecule has 0 aliphatic heterocycles. The van der Waals surface area contributed by atoms with Gasteiger partial charge in [-0.05, 0) is 51.7 Å². The van der Waals surface area contributed by atoms with Crippen LogP contribution in [0.1, 0.15) is 18.1 Å². The summed E-state index contributed by atoms with van der Waals surface area (Å²) in [5.74, 6) is 1.44. The van der Waals surface area contributed by atoms with Crippen molar-refractivity contribution in [3.8, 4) is 11.5 Å². The van der Waals surface area contributed by atoms with E-state index in [0.717, 1.165) is 16.7 Å². The van der Waals surface area contributed by atoms with Crippen molar-refractivity contribution in [1.82, 2.24) is 0 Å². The number of ketones is 1. The smallest absolute Gasteiger partial charge is 0.174 e. The van der Waals surface area contributed by atoms with E-state index in [2.05, 4.69) is 15.9 Å². The Balaban J connectivity index is 2.64. The Hall–Kier alpha value is -1.29. The lowest BCUT2D eigenvalue weighted by Crippen LogP contribution is -2.12. The molecule has 0 saturated heterocycles. The molecular formula is C13H13BrO3. The van der Waals surface area contributed by atoms with Crippen LogP contribution in [0.15, 0.2) is 16.6 Å². The molecule has 0 N–H and O–H groups in total. The first-order valence-corrected chi connectivity index (χ1v) is 6.02. The van der Waals surface area contributed by atoms with Crippen LogP contribution < -0.4 is 9.47 Å². The second kappa shape index (κ2) is 4.53. The van der Waals surface area contributed by atoms with Gasteiger partial charge in [-0.25, -0.2) is 0 Å². The molecule has 1 aliphatic carbocycles. The van der Waals surface area contributed by atoms with E-state index < -0.39 is 0 Å². The number of carbonyl (C=O) groups excluding carboxylic acids is 1. The van der Waals surface area contributed by atoms with Crippen LogP contribution in [0.2, 0.25) is 0 Å². The Morgan fingerprint density at radius 2 is 1.76 bits per heavy atom. The molecule has 90 valence electrons. The average Bonchev–Trinajstić information content (AvgIpc) is 2.34. The van der Waals surface area contributed by atoms with Crippen LogP contribution in [0.4, 0.5) is 0 Å². The van der Waals surface area contributed by atoms with Gasteiger partial charge >= 0.3 is 0 Å². The standard InChI is InChI=1S/C13H13BrO3/c1-7-9-6-12(17-3)11(16-2)5-8(9)4-10(15)13(7)14/h5-6H,4H2,1-3H3. The van der Waals surface area contributed by atoms with Gasteiger partial charge in [0.25, 0.3) is 0 Å². The molecule has 17 heavy (non-hydrogen) atoms. The summed E-state index contributed by atoms with van der Waals surface area (Å²) in [6.07, 6.45) is 0.396. The van der Waals surface area contributed by atoms with Crippen LogP contribution in [0.25, 0.3) is 5.57 Å². The first kappa shape index (κ1) is 12.2. The molecule has 1 aliphatic rings. The lowest BCUT2D eigenvalue weighted by Gasteiger charge is -2.19. The van der Waals surface area contributed by atoms with Crippen molar-refractivity contribution in [3.05, 3.63) is 27.7 Å².